The lowest BCUT2D eigenvalue weighted by Crippen LogP contribution is -1.88. The molecule has 0 spiro atoms. The molecule has 0 aromatic carbocycles. The molecule has 0 saturated carbocycles. The van der Waals surface area contributed by atoms with E-state index in [1.54, 1.807) is 18.5 Å². The maximum Gasteiger partial charge on any atom is 0.161 e. The number of hydrogen-bond acceptors (Lipinski definition) is 5. The number of nitrogens with zero attached hydrogens (tertiary/aromatic N) is 3. The summed E-state index contributed by atoms with van der Waals surface area (Å²) in [5.41, 5.74) is 0.760. The van der Waals surface area contributed by atoms with Gasteiger partial charge in [-0.2, -0.15) is 0 Å². The Labute approximate surface area is 84.7 Å². The zero-order valence-electron chi connectivity index (χ0n) is 7.47. The van der Waals surface area contributed by atoms with Crippen molar-refractivity contribution in [2.24, 2.45) is 0 Å². The van der Waals surface area contributed by atoms with Gasteiger partial charge in [0.25, 0.3) is 0 Å². The first kappa shape index (κ1) is 8.96. The van der Waals surface area contributed by atoms with Gasteiger partial charge in [-0.25, -0.2) is 15.0 Å². The van der Waals surface area contributed by atoms with Crippen molar-refractivity contribution in [1.29, 1.82) is 0 Å². The van der Waals surface area contributed by atoms with Crippen LogP contribution in [0, 0.1) is 6.92 Å². The summed E-state index contributed by atoms with van der Waals surface area (Å²) in [6, 6.07) is 1.78. The summed E-state index contributed by atoms with van der Waals surface area (Å²) >= 11 is 1.33. The average molecular weight is 205 g/mol. The molecule has 2 aromatic rings. The van der Waals surface area contributed by atoms with Crippen LogP contribution in [0.3, 0.4) is 0 Å². The van der Waals surface area contributed by atoms with Gasteiger partial charge in [0.15, 0.2) is 6.29 Å². The van der Waals surface area contributed by atoms with Gasteiger partial charge in [-0.05, 0) is 13.0 Å². The third kappa shape index (κ3) is 1.67. The van der Waals surface area contributed by atoms with Crippen molar-refractivity contribution in [2.45, 2.75) is 6.92 Å². The van der Waals surface area contributed by atoms with E-state index in [2.05, 4.69) is 15.0 Å². The number of rotatable bonds is 2. The van der Waals surface area contributed by atoms with Crippen LogP contribution in [-0.2, 0) is 0 Å². The molecule has 0 saturated heterocycles. The van der Waals surface area contributed by atoms with Crippen molar-refractivity contribution in [3.63, 3.8) is 0 Å². The van der Waals surface area contributed by atoms with Crippen LogP contribution >= 0.6 is 11.3 Å². The third-order valence-corrected chi connectivity index (χ3v) is 2.58. The first-order valence-electron chi connectivity index (χ1n) is 4.00. The molecule has 0 bridgehead atoms. The van der Waals surface area contributed by atoms with E-state index < -0.39 is 0 Å². The van der Waals surface area contributed by atoms with E-state index in [1.165, 1.54) is 11.3 Å². The van der Waals surface area contributed by atoms with Crippen molar-refractivity contribution < 1.29 is 4.79 Å². The summed E-state index contributed by atoms with van der Waals surface area (Å²) in [6.07, 6.45) is 4.01. The maximum absolute atomic E-state index is 10.5. The van der Waals surface area contributed by atoms with E-state index in [0.717, 1.165) is 17.0 Å². The largest absolute Gasteiger partial charge is 0.297 e. The van der Waals surface area contributed by atoms with Crippen LogP contribution < -0.4 is 0 Å². The fraction of sp³-hybridized carbons (Fsp3) is 0.111. The Morgan fingerprint density at radius 1 is 1.43 bits per heavy atom. The smallest absolute Gasteiger partial charge is 0.161 e. The Morgan fingerprint density at radius 3 is 2.93 bits per heavy atom. The molecule has 14 heavy (non-hydrogen) atoms. The number of hydrogen-bond donors (Lipinski definition) is 0. The topological polar surface area (TPSA) is 55.7 Å². The minimum Gasteiger partial charge on any atom is -0.297 e. The zero-order valence-corrected chi connectivity index (χ0v) is 8.28. The Balaban J connectivity index is 2.43. The molecule has 70 valence electrons. The molecular weight excluding hydrogens is 198 g/mol. The Bertz CT molecular complexity index is 467. The maximum atomic E-state index is 10.5. The van der Waals surface area contributed by atoms with Crippen molar-refractivity contribution in [3.8, 4) is 10.7 Å². The minimum absolute atomic E-state index is 0.608. The molecule has 0 atom stereocenters. The molecule has 4 nitrogen and oxygen atoms in total. The van der Waals surface area contributed by atoms with Gasteiger partial charge in [-0.1, -0.05) is 0 Å². The molecule has 0 fully saturated rings. The Hall–Kier alpha value is -1.62. The first-order valence-corrected chi connectivity index (χ1v) is 4.82. The molecule has 0 amide bonds. The average Bonchev–Trinajstić information content (AvgIpc) is 2.66. The predicted molar refractivity (Wildman–Crippen MR) is 53.3 cm³/mol. The normalized spacial score (nSPS) is 10.1. The molecule has 0 N–H and O–H groups in total. The molecule has 2 aromatic heterocycles. The molecule has 0 aliphatic carbocycles. The molecular formula is C9H7N3OS. The number of aryl methyl sites for hydroxylation is 1. The first-order chi connectivity index (χ1) is 6.79. The highest BCUT2D eigenvalue weighted by Gasteiger charge is 2.05. The quantitative estimate of drug-likeness (QED) is 0.700. The number of carbonyl (C=O) groups excluding carboxylic acids is 1. The fourth-order valence-electron chi connectivity index (χ4n) is 1.03. The van der Waals surface area contributed by atoms with E-state index in [9.17, 15) is 4.79 Å². The molecule has 2 rings (SSSR count). The highest BCUT2D eigenvalue weighted by Crippen LogP contribution is 2.21. The predicted octanol–water partition coefficient (Wildman–Crippen LogP) is 1.72. The molecule has 0 aliphatic rings. The van der Waals surface area contributed by atoms with Crippen LogP contribution in [0.1, 0.15) is 15.5 Å². The van der Waals surface area contributed by atoms with Gasteiger partial charge in [-0.15, -0.1) is 11.3 Å². The van der Waals surface area contributed by atoms with Crippen LogP contribution in [0.5, 0.6) is 0 Å². The standard InChI is InChI=1S/C9H7N3OS/c1-6-10-3-2-8(12-6)9-11-4-7(5-13)14-9/h2-5H,1H3. The molecule has 5 heteroatoms. The van der Waals surface area contributed by atoms with Gasteiger partial charge in [-0.3, -0.25) is 4.79 Å². The lowest BCUT2D eigenvalue weighted by atomic mass is 10.4. The number of aldehydes is 1. The second-order valence-corrected chi connectivity index (χ2v) is 3.74. The summed E-state index contributed by atoms with van der Waals surface area (Å²) < 4.78 is 0. The number of aromatic nitrogens is 3. The minimum atomic E-state index is 0.608. The lowest BCUT2D eigenvalue weighted by molar-refractivity contribution is 0.112. The number of carbonyl (C=O) groups is 1. The van der Waals surface area contributed by atoms with Gasteiger partial charge in [0.1, 0.15) is 16.5 Å². The van der Waals surface area contributed by atoms with E-state index in [4.69, 9.17) is 0 Å². The summed E-state index contributed by atoms with van der Waals surface area (Å²) in [5, 5.41) is 0.748. The SMILES string of the molecule is Cc1nccc(-c2ncc(C=O)s2)n1. The summed E-state index contributed by atoms with van der Waals surface area (Å²) in [7, 11) is 0. The van der Waals surface area contributed by atoms with Crippen LogP contribution in [-0.4, -0.2) is 21.2 Å². The van der Waals surface area contributed by atoms with Crippen LogP contribution in [0.2, 0.25) is 0 Å². The summed E-state index contributed by atoms with van der Waals surface area (Å²) in [5.74, 6) is 0.699. The van der Waals surface area contributed by atoms with Gasteiger partial charge >= 0.3 is 0 Å². The van der Waals surface area contributed by atoms with Crippen LogP contribution in [0.25, 0.3) is 10.7 Å². The fourth-order valence-corrected chi connectivity index (χ4v) is 1.74. The molecule has 0 unspecified atom stereocenters. The lowest BCUT2D eigenvalue weighted by Gasteiger charge is -1.94. The van der Waals surface area contributed by atoms with Crippen molar-refractivity contribution in [3.05, 3.63) is 29.2 Å². The van der Waals surface area contributed by atoms with Gasteiger partial charge < -0.3 is 0 Å². The molecule has 0 radical (unpaired) electrons. The van der Waals surface area contributed by atoms with Crippen LogP contribution in [0.4, 0.5) is 0 Å². The van der Waals surface area contributed by atoms with Crippen molar-refractivity contribution in [1.82, 2.24) is 15.0 Å². The van der Waals surface area contributed by atoms with Crippen LogP contribution in [0.15, 0.2) is 18.5 Å². The van der Waals surface area contributed by atoms with E-state index in [1.807, 2.05) is 6.92 Å². The van der Waals surface area contributed by atoms with E-state index in [0.29, 0.717) is 10.7 Å². The molecule has 0 aliphatic heterocycles. The molecule has 2 heterocycles. The summed E-state index contributed by atoms with van der Waals surface area (Å²) in [4.78, 5) is 23.4. The van der Waals surface area contributed by atoms with Crippen molar-refractivity contribution >= 4 is 17.6 Å². The number of thiazole rings is 1. The highest BCUT2D eigenvalue weighted by molar-refractivity contribution is 7.16. The van der Waals surface area contributed by atoms with Gasteiger partial charge in [0, 0.05) is 12.4 Å². The zero-order chi connectivity index (χ0) is 9.97. The van der Waals surface area contributed by atoms with Gasteiger partial charge in [0.2, 0.25) is 0 Å². The monoisotopic (exact) mass is 205 g/mol. The second-order valence-electron chi connectivity index (χ2n) is 2.67. The Kier molecular flexibility index (Phi) is 2.32. The second kappa shape index (κ2) is 3.63. The van der Waals surface area contributed by atoms with E-state index in [-0.39, 0.29) is 0 Å². The Morgan fingerprint density at radius 2 is 2.29 bits per heavy atom. The summed E-state index contributed by atoms with van der Waals surface area (Å²) in [6.45, 7) is 1.82. The van der Waals surface area contributed by atoms with E-state index >= 15 is 0 Å². The van der Waals surface area contributed by atoms with Gasteiger partial charge in [0.05, 0.1) is 4.88 Å². The third-order valence-electron chi connectivity index (χ3n) is 1.63. The highest BCUT2D eigenvalue weighted by atomic mass is 32.1. The van der Waals surface area contributed by atoms with Crippen molar-refractivity contribution in [2.75, 3.05) is 0 Å².